The molecule has 0 aromatic heterocycles. The zero-order valence-electron chi connectivity index (χ0n) is 8.85. The quantitative estimate of drug-likeness (QED) is 0.785. The summed E-state index contributed by atoms with van der Waals surface area (Å²) < 4.78 is 38.2. The van der Waals surface area contributed by atoms with E-state index in [4.69, 9.17) is 0 Å². The van der Waals surface area contributed by atoms with Crippen LogP contribution in [0.1, 0.15) is 5.56 Å². The minimum Gasteiger partial charge on any atom is -0.389 e. The molecule has 2 atom stereocenters. The third-order valence-electron chi connectivity index (χ3n) is 2.81. The molecule has 17 heavy (non-hydrogen) atoms. The molecule has 1 aromatic carbocycles. The van der Waals surface area contributed by atoms with E-state index in [2.05, 4.69) is 0 Å². The average Bonchev–Trinajstić information content (AvgIpc) is 2.58. The monoisotopic (exact) mass is 247 g/mol. The molecule has 0 amide bonds. The van der Waals surface area contributed by atoms with Crippen molar-refractivity contribution in [2.75, 3.05) is 18.0 Å². The van der Waals surface area contributed by atoms with Gasteiger partial charge in [-0.15, -0.1) is 0 Å². The molecule has 6 heteroatoms. The first-order chi connectivity index (χ1) is 7.89. The predicted molar refractivity (Wildman–Crippen MR) is 55.7 cm³/mol. The minimum atomic E-state index is -4.44. The average molecular weight is 247 g/mol. The van der Waals surface area contributed by atoms with Gasteiger partial charge in [-0.1, -0.05) is 12.1 Å². The Morgan fingerprint density at radius 3 is 2.12 bits per heavy atom. The van der Waals surface area contributed by atoms with Crippen molar-refractivity contribution in [3.63, 3.8) is 0 Å². The molecule has 0 bridgehead atoms. The van der Waals surface area contributed by atoms with Crippen molar-refractivity contribution >= 4 is 5.69 Å². The van der Waals surface area contributed by atoms with Gasteiger partial charge in [0.2, 0.25) is 0 Å². The Kier molecular flexibility index (Phi) is 3.01. The lowest BCUT2D eigenvalue weighted by atomic mass is 10.1. The SMILES string of the molecule is OC1CN(c2ccccc2C(F)(F)F)CC1O. The van der Waals surface area contributed by atoms with Gasteiger partial charge in [-0.05, 0) is 12.1 Å². The van der Waals surface area contributed by atoms with E-state index in [0.29, 0.717) is 0 Å². The van der Waals surface area contributed by atoms with Crippen LogP contribution >= 0.6 is 0 Å². The maximum absolute atomic E-state index is 12.7. The van der Waals surface area contributed by atoms with E-state index in [1.807, 2.05) is 0 Å². The van der Waals surface area contributed by atoms with E-state index >= 15 is 0 Å². The van der Waals surface area contributed by atoms with E-state index < -0.39 is 23.9 Å². The number of aliphatic hydroxyl groups is 2. The fourth-order valence-electron chi connectivity index (χ4n) is 1.96. The Hall–Kier alpha value is -1.27. The van der Waals surface area contributed by atoms with Gasteiger partial charge in [0.15, 0.2) is 0 Å². The van der Waals surface area contributed by atoms with Crippen molar-refractivity contribution in [2.45, 2.75) is 18.4 Å². The van der Waals surface area contributed by atoms with Crippen LogP contribution in [-0.2, 0) is 6.18 Å². The topological polar surface area (TPSA) is 43.7 Å². The first-order valence-electron chi connectivity index (χ1n) is 5.17. The number of aliphatic hydroxyl groups excluding tert-OH is 2. The molecule has 2 N–H and O–H groups in total. The number of anilines is 1. The maximum Gasteiger partial charge on any atom is 0.418 e. The van der Waals surface area contributed by atoms with Crippen molar-refractivity contribution < 1.29 is 23.4 Å². The number of benzene rings is 1. The smallest absolute Gasteiger partial charge is 0.389 e. The molecule has 1 aliphatic heterocycles. The summed E-state index contributed by atoms with van der Waals surface area (Å²) in [6, 6.07) is 5.15. The lowest BCUT2D eigenvalue weighted by Gasteiger charge is -2.22. The van der Waals surface area contributed by atoms with Crippen LogP contribution in [0.25, 0.3) is 0 Å². The van der Waals surface area contributed by atoms with Gasteiger partial charge in [0.1, 0.15) is 0 Å². The molecular formula is C11H12F3NO2. The molecule has 0 radical (unpaired) electrons. The summed E-state index contributed by atoms with van der Waals surface area (Å²) in [5.74, 6) is 0. The molecule has 0 aliphatic carbocycles. The molecule has 1 saturated heterocycles. The summed E-state index contributed by atoms with van der Waals surface area (Å²) in [6.07, 6.45) is -6.44. The van der Waals surface area contributed by atoms with Crippen LogP contribution in [-0.4, -0.2) is 35.5 Å². The molecule has 0 saturated carbocycles. The molecule has 1 aromatic rings. The summed E-state index contributed by atoms with van der Waals surface area (Å²) in [5.41, 5.74) is -0.753. The molecule has 2 rings (SSSR count). The number of hydrogen-bond acceptors (Lipinski definition) is 3. The van der Waals surface area contributed by atoms with E-state index in [1.165, 1.54) is 23.1 Å². The Balaban J connectivity index is 2.33. The number of para-hydroxylation sites is 1. The number of alkyl halides is 3. The van der Waals surface area contributed by atoms with Crippen molar-refractivity contribution in [3.8, 4) is 0 Å². The van der Waals surface area contributed by atoms with Crippen LogP contribution in [0.3, 0.4) is 0 Å². The largest absolute Gasteiger partial charge is 0.418 e. The van der Waals surface area contributed by atoms with Crippen LogP contribution in [0, 0.1) is 0 Å². The lowest BCUT2D eigenvalue weighted by molar-refractivity contribution is -0.137. The van der Waals surface area contributed by atoms with E-state index in [-0.39, 0.29) is 18.8 Å². The van der Waals surface area contributed by atoms with Gasteiger partial charge in [0, 0.05) is 18.8 Å². The van der Waals surface area contributed by atoms with Crippen molar-refractivity contribution in [2.24, 2.45) is 0 Å². The highest BCUT2D eigenvalue weighted by Gasteiger charge is 2.37. The molecular weight excluding hydrogens is 235 g/mol. The number of nitrogens with zero attached hydrogens (tertiary/aromatic N) is 1. The molecule has 94 valence electrons. The van der Waals surface area contributed by atoms with Crippen molar-refractivity contribution in [1.29, 1.82) is 0 Å². The first-order valence-corrected chi connectivity index (χ1v) is 5.17. The third kappa shape index (κ3) is 2.37. The Morgan fingerprint density at radius 1 is 1.06 bits per heavy atom. The van der Waals surface area contributed by atoms with Gasteiger partial charge in [0.25, 0.3) is 0 Å². The zero-order chi connectivity index (χ0) is 12.6. The van der Waals surface area contributed by atoms with Crippen LogP contribution < -0.4 is 4.90 Å². The van der Waals surface area contributed by atoms with Gasteiger partial charge < -0.3 is 15.1 Å². The first kappa shape index (κ1) is 12.2. The second kappa shape index (κ2) is 4.19. The number of hydrogen-bond donors (Lipinski definition) is 2. The van der Waals surface area contributed by atoms with Gasteiger partial charge >= 0.3 is 6.18 Å². The third-order valence-corrected chi connectivity index (χ3v) is 2.81. The molecule has 1 heterocycles. The van der Waals surface area contributed by atoms with E-state index in [0.717, 1.165) is 6.07 Å². The molecule has 2 unspecified atom stereocenters. The Morgan fingerprint density at radius 2 is 1.59 bits per heavy atom. The summed E-state index contributed by atoms with van der Waals surface area (Å²) in [6.45, 7) is 0.0164. The van der Waals surface area contributed by atoms with Gasteiger partial charge in [-0.3, -0.25) is 0 Å². The van der Waals surface area contributed by atoms with Crippen molar-refractivity contribution in [1.82, 2.24) is 0 Å². The standard InChI is InChI=1S/C11H12F3NO2/c12-11(13,14)7-3-1-2-4-8(7)15-5-9(16)10(17)6-15/h1-4,9-10,16-17H,5-6H2. The Bertz CT molecular complexity index is 398. The Labute approximate surface area is 96.1 Å². The van der Waals surface area contributed by atoms with Crippen molar-refractivity contribution in [3.05, 3.63) is 29.8 Å². The normalized spacial score (nSPS) is 25.4. The number of rotatable bonds is 1. The summed E-state index contributed by atoms with van der Waals surface area (Å²) in [7, 11) is 0. The zero-order valence-corrected chi connectivity index (χ0v) is 8.85. The van der Waals surface area contributed by atoms with Crippen LogP contribution in [0.4, 0.5) is 18.9 Å². The number of β-amino-alcohol motifs (C(OH)–C–C–N with tert-alkyl or cyclic N) is 2. The fourth-order valence-corrected chi connectivity index (χ4v) is 1.96. The summed E-state index contributed by atoms with van der Waals surface area (Å²) >= 11 is 0. The van der Waals surface area contributed by atoms with Gasteiger partial charge in [-0.25, -0.2) is 0 Å². The second-order valence-corrected chi connectivity index (χ2v) is 4.05. The highest BCUT2D eigenvalue weighted by atomic mass is 19.4. The van der Waals surface area contributed by atoms with Crippen LogP contribution in [0.5, 0.6) is 0 Å². The van der Waals surface area contributed by atoms with Crippen LogP contribution in [0.2, 0.25) is 0 Å². The van der Waals surface area contributed by atoms with Gasteiger partial charge in [-0.2, -0.15) is 13.2 Å². The van der Waals surface area contributed by atoms with E-state index in [9.17, 15) is 23.4 Å². The number of halogens is 3. The summed E-state index contributed by atoms with van der Waals surface area (Å²) in [5, 5.41) is 18.7. The van der Waals surface area contributed by atoms with Gasteiger partial charge in [0.05, 0.1) is 17.8 Å². The minimum absolute atomic E-state index is 0.00407. The second-order valence-electron chi connectivity index (χ2n) is 4.05. The highest BCUT2D eigenvalue weighted by Crippen LogP contribution is 2.37. The lowest BCUT2D eigenvalue weighted by Crippen LogP contribution is -2.24. The maximum atomic E-state index is 12.7. The molecule has 0 spiro atoms. The fraction of sp³-hybridized carbons (Fsp3) is 0.455. The molecule has 1 aliphatic rings. The predicted octanol–water partition coefficient (Wildman–Crippen LogP) is 1.25. The van der Waals surface area contributed by atoms with Crippen LogP contribution in [0.15, 0.2) is 24.3 Å². The van der Waals surface area contributed by atoms with E-state index in [1.54, 1.807) is 0 Å². The molecule has 3 nitrogen and oxygen atoms in total. The summed E-state index contributed by atoms with van der Waals surface area (Å²) in [4.78, 5) is 1.35. The highest BCUT2D eigenvalue weighted by molar-refractivity contribution is 5.56. The molecule has 1 fully saturated rings.